The summed E-state index contributed by atoms with van der Waals surface area (Å²) >= 11 is 0. The van der Waals surface area contributed by atoms with E-state index in [1.165, 1.54) is 19.2 Å². The second kappa shape index (κ2) is 8.17. The van der Waals surface area contributed by atoms with E-state index in [0.717, 1.165) is 16.3 Å². The van der Waals surface area contributed by atoms with Crippen LogP contribution in [0, 0.1) is 6.92 Å². The number of aromatic nitrogens is 4. The van der Waals surface area contributed by atoms with Gasteiger partial charge in [-0.3, -0.25) is 4.79 Å². The minimum atomic E-state index is -3.75. The number of esters is 1. The molecule has 2 aromatic rings. The molecule has 0 aliphatic carbocycles. The Hall–Kier alpha value is -2.33. The first-order chi connectivity index (χ1) is 11.8. The van der Waals surface area contributed by atoms with Crippen molar-refractivity contribution in [1.29, 1.82) is 0 Å². The molecule has 0 amide bonds. The Balaban J connectivity index is 1.95. The molecule has 0 N–H and O–H groups in total. The van der Waals surface area contributed by atoms with Gasteiger partial charge < -0.3 is 4.74 Å². The average Bonchev–Trinajstić information content (AvgIpc) is 3.01. The van der Waals surface area contributed by atoms with Gasteiger partial charge in [0.15, 0.2) is 12.4 Å². The van der Waals surface area contributed by atoms with Gasteiger partial charge in [-0.2, -0.15) is 4.31 Å². The SMILES string of the molecule is CCCn1nnnc1COC(=O)CN(C)S(=O)(=O)c1ccc(C)cc1. The van der Waals surface area contributed by atoms with Crippen molar-refractivity contribution in [2.24, 2.45) is 0 Å². The molecule has 0 unspecified atom stereocenters. The van der Waals surface area contributed by atoms with Gasteiger partial charge in [0.2, 0.25) is 10.0 Å². The molecule has 1 aromatic heterocycles. The fourth-order valence-corrected chi connectivity index (χ4v) is 3.18. The van der Waals surface area contributed by atoms with Crippen LogP contribution >= 0.6 is 0 Å². The molecule has 0 aliphatic heterocycles. The summed E-state index contributed by atoms with van der Waals surface area (Å²) in [5.74, 6) is -0.261. The molecule has 0 atom stereocenters. The number of aryl methyl sites for hydroxylation is 2. The number of ether oxygens (including phenoxy) is 1. The van der Waals surface area contributed by atoms with Crippen LogP contribution in [0.15, 0.2) is 29.2 Å². The van der Waals surface area contributed by atoms with Crippen molar-refractivity contribution in [2.75, 3.05) is 13.6 Å². The summed E-state index contributed by atoms with van der Waals surface area (Å²) in [6, 6.07) is 6.41. The molecule has 1 aromatic carbocycles. The Bertz CT molecular complexity index is 817. The molecule has 0 saturated heterocycles. The van der Waals surface area contributed by atoms with Crippen molar-refractivity contribution in [3.8, 4) is 0 Å². The predicted molar refractivity (Wildman–Crippen MR) is 88.9 cm³/mol. The number of rotatable bonds is 8. The zero-order valence-corrected chi connectivity index (χ0v) is 15.2. The lowest BCUT2D eigenvalue weighted by molar-refractivity contribution is -0.145. The number of hydrogen-bond acceptors (Lipinski definition) is 7. The summed E-state index contributed by atoms with van der Waals surface area (Å²) in [6.07, 6.45) is 0.837. The highest BCUT2D eigenvalue weighted by molar-refractivity contribution is 7.89. The topological polar surface area (TPSA) is 107 Å². The zero-order valence-electron chi connectivity index (χ0n) is 14.4. The van der Waals surface area contributed by atoms with Crippen molar-refractivity contribution in [1.82, 2.24) is 24.5 Å². The van der Waals surface area contributed by atoms with E-state index in [0.29, 0.717) is 12.4 Å². The highest BCUT2D eigenvalue weighted by Crippen LogP contribution is 2.15. The van der Waals surface area contributed by atoms with Crippen LogP contribution in [-0.2, 0) is 32.7 Å². The molecule has 0 spiro atoms. The van der Waals surface area contributed by atoms with Crippen molar-refractivity contribution < 1.29 is 17.9 Å². The van der Waals surface area contributed by atoms with Crippen LogP contribution in [0.5, 0.6) is 0 Å². The Morgan fingerprint density at radius 3 is 2.60 bits per heavy atom. The standard InChI is InChI=1S/C15H21N5O4S/c1-4-9-20-14(16-17-18-20)11-24-15(21)10-19(3)25(22,23)13-7-5-12(2)6-8-13/h5-8H,4,9-11H2,1-3H3. The van der Waals surface area contributed by atoms with Gasteiger partial charge in [0.1, 0.15) is 6.54 Å². The Morgan fingerprint density at radius 1 is 1.28 bits per heavy atom. The largest absolute Gasteiger partial charge is 0.456 e. The summed E-state index contributed by atoms with van der Waals surface area (Å²) in [7, 11) is -2.42. The van der Waals surface area contributed by atoms with E-state index >= 15 is 0 Å². The summed E-state index contributed by atoms with van der Waals surface area (Å²) in [4.78, 5) is 12.1. The van der Waals surface area contributed by atoms with Gasteiger partial charge in [0.05, 0.1) is 4.90 Å². The van der Waals surface area contributed by atoms with E-state index in [1.54, 1.807) is 16.8 Å². The predicted octanol–water partition coefficient (Wildman–Crippen LogP) is 0.755. The number of hydrogen-bond donors (Lipinski definition) is 0. The summed E-state index contributed by atoms with van der Waals surface area (Å²) in [5, 5.41) is 11.1. The first-order valence-corrected chi connectivity index (χ1v) is 9.22. The first-order valence-electron chi connectivity index (χ1n) is 7.78. The van der Waals surface area contributed by atoms with E-state index in [2.05, 4.69) is 15.5 Å². The lowest BCUT2D eigenvalue weighted by Gasteiger charge is -2.16. The maximum absolute atomic E-state index is 12.4. The van der Waals surface area contributed by atoms with Gasteiger partial charge in [-0.1, -0.05) is 24.6 Å². The maximum atomic E-state index is 12.4. The molecule has 0 aliphatic rings. The van der Waals surface area contributed by atoms with Crippen molar-refractivity contribution in [2.45, 2.75) is 38.3 Å². The highest BCUT2D eigenvalue weighted by Gasteiger charge is 2.23. The quantitative estimate of drug-likeness (QED) is 0.634. The summed E-state index contributed by atoms with van der Waals surface area (Å²) < 4.78 is 32.4. The van der Waals surface area contributed by atoms with Gasteiger partial charge in [-0.05, 0) is 35.9 Å². The number of likely N-dealkylation sites (N-methyl/N-ethyl adjacent to an activating group) is 1. The third-order valence-electron chi connectivity index (χ3n) is 3.48. The molecule has 10 heteroatoms. The van der Waals surface area contributed by atoms with E-state index in [-0.39, 0.29) is 11.5 Å². The van der Waals surface area contributed by atoms with Crippen molar-refractivity contribution in [3.63, 3.8) is 0 Å². The van der Waals surface area contributed by atoms with Crippen molar-refractivity contribution in [3.05, 3.63) is 35.7 Å². The highest BCUT2D eigenvalue weighted by atomic mass is 32.2. The second-order valence-corrected chi connectivity index (χ2v) is 7.60. The summed E-state index contributed by atoms with van der Waals surface area (Å²) in [6.45, 7) is 3.95. The average molecular weight is 367 g/mol. The number of tetrazole rings is 1. The molecule has 0 fully saturated rings. The van der Waals surface area contributed by atoms with Gasteiger partial charge in [-0.15, -0.1) is 5.10 Å². The number of sulfonamides is 1. The second-order valence-electron chi connectivity index (χ2n) is 5.55. The van der Waals surface area contributed by atoms with Crippen molar-refractivity contribution >= 4 is 16.0 Å². The molecular formula is C15H21N5O4S. The van der Waals surface area contributed by atoms with Gasteiger partial charge in [-0.25, -0.2) is 13.1 Å². The Kier molecular flexibility index (Phi) is 6.21. The molecule has 0 bridgehead atoms. The third kappa shape index (κ3) is 4.83. The Labute approximate surface area is 146 Å². The fraction of sp³-hybridized carbons (Fsp3) is 0.467. The zero-order chi connectivity index (χ0) is 18.4. The minimum absolute atomic E-state index is 0.107. The first kappa shape index (κ1) is 19.0. The van der Waals surface area contributed by atoms with Crippen LogP contribution < -0.4 is 0 Å². The monoisotopic (exact) mass is 367 g/mol. The van der Waals surface area contributed by atoms with E-state index in [9.17, 15) is 13.2 Å². The molecular weight excluding hydrogens is 346 g/mol. The fourth-order valence-electron chi connectivity index (χ4n) is 2.06. The van der Waals surface area contributed by atoms with Gasteiger partial charge in [0.25, 0.3) is 0 Å². The van der Waals surface area contributed by atoms with Crippen LogP contribution in [0.4, 0.5) is 0 Å². The van der Waals surface area contributed by atoms with Gasteiger partial charge >= 0.3 is 5.97 Å². The van der Waals surface area contributed by atoms with E-state index in [1.807, 2.05) is 13.8 Å². The maximum Gasteiger partial charge on any atom is 0.321 e. The summed E-state index contributed by atoms with van der Waals surface area (Å²) in [5.41, 5.74) is 0.950. The van der Waals surface area contributed by atoms with Crippen LogP contribution in [-0.4, -0.2) is 52.5 Å². The molecule has 0 radical (unpaired) electrons. The van der Waals surface area contributed by atoms with Gasteiger partial charge in [0, 0.05) is 13.6 Å². The van der Waals surface area contributed by atoms with Crippen LogP contribution in [0.2, 0.25) is 0 Å². The van der Waals surface area contributed by atoms with E-state index < -0.39 is 22.5 Å². The number of carbonyl (C=O) groups excluding carboxylic acids is 1. The minimum Gasteiger partial charge on any atom is -0.456 e. The normalized spacial score (nSPS) is 11.7. The smallest absolute Gasteiger partial charge is 0.321 e. The van der Waals surface area contributed by atoms with E-state index in [4.69, 9.17) is 4.74 Å². The lowest BCUT2D eigenvalue weighted by Crippen LogP contribution is -2.33. The number of carbonyl (C=O) groups is 1. The van der Waals surface area contributed by atoms with Crippen LogP contribution in [0.1, 0.15) is 24.7 Å². The number of benzene rings is 1. The lowest BCUT2D eigenvalue weighted by atomic mass is 10.2. The Morgan fingerprint density at radius 2 is 1.96 bits per heavy atom. The molecule has 1 heterocycles. The molecule has 0 saturated carbocycles. The van der Waals surface area contributed by atoms with Crippen LogP contribution in [0.3, 0.4) is 0 Å². The molecule has 136 valence electrons. The molecule has 2 rings (SSSR count). The number of nitrogens with zero attached hydrogens (tertiary/aromatic N) is 5. The van der Waals surface area contributed by atoms with Crippen LogP contribution in [0.25, 0.3) is 0 Å². The molecule has 25 heavy (non-hydrogen) atoms. The molecule has 9 nitrogen and oxygen atoms in total. The third-order valence-corrected chi connectivity index (χ3v) is 5.30.